The average molecular weight is 289 g/mol. The topological polar surface area (TPSA) is 72.7 Å². The van der Waals surface area contributed by atoms with Crippen molar-refractivity contribution >= 4 is 5.91 Å². The number of benzene rings is 1. The van der Waals surface area contributed by atoms with Crippen LogP contribution in [0.1, 0.15) is 18.4 Å². The van der Waals surface area contributed by atoms with Gasteiger partial charge in [0, 0.05) is 12.1 Å². The first-order valence-corrected chi connectivity index (χ1v) is 6.93. The number of halogens is 1. The molecule has 2 aromatic rings. The highest BCUT2D eigenvalue weighted by Gasteiger charge is 2.21. The van der Waals surface area contributed by atoms with E-state index < -0.39 is 0 Å². The number of hydrogen-bond donors (Lipinski definition) is 1. The summed E-state index contributed by atoms with van der Waals surface area (Å²) < 4.78 is 13.2. The van der Waals surface area contributed by atoms with Gasteiger partial charge in [-0.3, -0.25) is 4.79 Å². The summed E-state index contributed by atoms with van der Waals surface area (Å²) in [6.45, 7) is 2.44. The predicted molar refractivity (Wildman–Crippen MR) is 73.7 cm³/mol. The Morgan fingerprint density at radius 3 is 3.00 bits per heavy atom. The molecule has 21 heavy (non-hydrogen) atoms. The van der Waals surface area contributed by atoms with Crippen LogP contribution in [0, 0.1) is 18.7 Å². The van der Waals surface area contributed by atoms with Crippen molar-refractivity contribution < 1.29 is 9.18 Å². The normalized spacial score (nSPS) is 14.2. The van der Waals surface area contributed by atoms with Gasteiger partial charge < -0.3 is 5.32 Å². The van der Waals surface area contributed by atoms with E-state index in [1.54, 1.807) is 19.1 Å². The van der Waals surface area contributed by atoms with Crippen LogP contribution in [-0.2, 0) is 11.3 Å². The van der Waals surface area contributed by atoms with Gasteiger partial charge in [-0.25, -0.2) is 4.39 Å². The van der Waals surface area contributed by atoms with Crippen LogP contribution in [0.5, 0.6) is 0 Å². The van der Waals surface area contributed by atoms with E-state index in [9.17, 15) is 9.18 Å². The van der Waals surface area contributed by atoms with Crippen molar-refractivity contribution in [1.29, 1.82) is 0 Å². The highest BCUT2D eigenvalue weighted by atomic mass is 19.1. The summed E-state index contributed by atoms with van der Waals surface area (Å²) in [7, 11) is 0. The average Bonchev–Trinajstić information content (AvgIpc) is 3.18. The molecule has 1 fully saturated rings. The minimum Gasteiger partial charge on any atom is -0.354 e. The lowest BCUT2D eigenvalue weighted by molar-refractivity contribution is -0.122. The van der Waals surface area contributed by atoms with Crippen LogP contribution in [0.15, 0.2) is 18.2 Å². The Morgan fingerprint density at radius 1 is 1.48 bits per heavy atom. The Morgan fingerprint density at radius 2 is 2.29 bits per heavy atom. The number of nitrogens with one attached hydrogen (secondary N) is 1. The number of hydrogen-bond acceptors (Lipinski definition) is 4. The minimum absolute atomic E-state index is 0.0416. The molecule has 1 heterocycles. The summed E-state index contributed by atoms with van der Waals surface area (Å²) in [5, 5.41) is 14.7. The zero-order valence-electron chi connectivity index (χ0n) is 11.7. The Kier molecular flexibility index (Phi) is 3.64. The van der Waals surface area contributed by atoms with Crippen molar-refractivity contribution in [2.75, 3.05) is 6.54 Å². The van der Waals surface area contributed by atoms with Gasteiger partial charge in [-0.05, 0) is 54.7 Å². The molecular weight excluding hydrogens is 273 g/mol. The number of nitrogens with zero attached hydrogens (tertiary/aromatic N) is 4. The zero-order valence-corrected chi connectivity index (χ0v) is 11.7. The molecule has 0 unspecified atom stereocenters. The van der Waals surface area contributed by atoms with Gasteiger partial charge in [-0.2, -0.15) is 4.80 Å². The van der Waals surface area contributed by atoms with Crippen LogP contribution in [0.2, 0.25) is 0 Å². The molecule has 1 amide bonds. The van der Waals surface area contributed by atoms with Crippen LogP contribution < -0.4 is 5.32 Å². The SMILES string of the molecule is Cc1cc(-c2nnn(CC(=O)NCC3CC3)n2)ccc1F. The van der Waals surface area contributed by atoms with Crippen molar-refractivity contribution in [1.82, 2.24) is 25.5 Å². The predicted octanol–water partition coefficient (Wildman–Crippen LogP) is 1.31. The number of carbonyl (C=O) groups excluding carboxylic acids is 1. The maximum absolute atomic E-state index is 13.2. The monoisotopic (exact) mass is 289 g/mol. The summed E-state index contributed by atoms with van der Waals surface area (Å²) in [5.41, 5.74) is 1.20. The number of carbonyl (C=O) groups is 1. The smallest absolute Gasteiger partial charge is 0.243 e. The molecule has 0 bridgehead atoms. The standard InChI is InChI=1S/C14H16FN5O/c1-9-6-11(4-5-12(9)15)14-17-19-20(18-14)8-13(21)16-7-10-2-3-10/h4-6,10H,2-3,7-8H2,1H3,(H,16,21). The van der Waals surface area contributed by atoms with Gasteiger partial charge in [0.05, 0.1) is 0 Å². The molecular formula is C14H16FN5O. The lowest BCUT2D eigenvalue weighted by Gasteiger charge is -2.02. The maximum Gasteiger partial charge on any atom is 0.243 e. The number of aryl methyl sites for hydroxylation is 1. The molecule has 0 spiro atoms. The number of tetrazole rings is 1. The van der Waals surface area contributed by atoms with E-state index in [1.165, 1.54) is 23.7 Å². The van der Waals surface area contributed by atoms with Crippen molar-refractivity contribution in [2.24, 2.45) is 5.92 Å². The molecule has 1 saturated carbocycles. The molecule has 1 N–H and O–H groups in total. The van der Waals surface area contributed by atoms with Crippen LogP contribution in [-0.4, -0.2) is 32.7 Å². The van der Waals surface area contributed by atoms with E-state index >= 15 is 0 Å². The fourth-order valence-corrected chi connectivity index (χ4v) is 1.97. The van der Waals surface area contributed by atoms with Crippen LogP contribution in [0.4, 0.5) is 4.39 Å². The van der Waals surface area contributed by atoms with Gasteiger partial charge in [-0.1, -0.05) is 0 Å². The summed E-state index contributed by atoms with van der Waals surface area (Å²) >= 11 is 0. The number of rotatable bonds is 5. The Bertz CT molecular complexity index is 665. The molecule has 7 heteroatoms. The third kappa shape index (κ3) is 3.42. The maximum atomic E-state index is 13.2. The lowest BCUT2D eigenvalue weighted by atomic mass is 10.1. The first-order valence-electron chi connectivity index (χ1n) is 6.93. The molecule has 1 aliphatic rings. The third-order valence-corrected chi connectivity index (χ3v) is 3.44. The fourth-order valence-electron chi connectivity index (χ4n) is 1.97. The van der Waals surface area contributed by atoms with Crippen molar-refractivity contribution in [3.05, 3.63) is 29.6 Å². The second-order valence-corrected chi connectivity index (χ2v) is 5.35. The molecule has 0 saturated heterocycles. The summed E-state index contributed by atoms with van der Waals surface area (Å²) in [5.74, 6) is 0.621. The molecule has 6 nitrogen and oxygen atoms in total. The van der Waals surface area contributed by atoms with Gasteiger partial charge in [0.25, 0.3) is 0 Å². The highest BCUT2D eigenvalue weighted by molar-refractivity contribution is 5.75. The van der Waals surface area contributed by atoms with E-state index in [4.69, 9.17) is 0 Å². The largest absolute Gasteiger partial charge is 0.354 e. The number of amides is 1. The summed E-state index contributed by atoms with van der Waals surface area (Å²) in [6.07, 6.45) is 2.38. The molecule has 1 aromatic carbocycles. The first kappa shape index (κ1) is 13.7. The fraction of sp³-hybridized carbons (Fsp3) is 0.429. The van der Waals surface area contributed by atoms with Crippen molar-refractivity contribution in [3.63, 3.8) is 0 Å². The first-order chi connectivity index (χ1) is 10.1. The Labute approximate surface area is 121 Å². The van der Waals surface area contributed by atoms with Crippen LogP contribution in [0.3, 0.4) is 0 Å². The van der Waals surface area contributed by atoms with Gasteiger partial charge in [-0.15, -0.1) is 10.2 Å². The zero-order chi connectivity index (χ0) is 14.8. The minimum atomic E-state index is -0.273. The van der Waals surface area contributed by atoms with Gasteiger partial charge in [0.2, 0.25) is 11.7 Å². The van der Waals surface area contributed by atoms with Gasteiger partial charge >= 0.3 is 0 Å². The van der Waals surface area contributed by atoms with E-state index in [0.29, 0.717) is 22.9 Å². The second-order valence-electron chi connectivity index (χ2n) is 5.35. The van der Waals surface area contributed by atoms with Gasteiger partial charge in [0.1, 0.15) is 12.4 Å². The molecule has 110 valence electrons. The Hall–Kier alpha value is -2.31. The van der Waals surface area contributed by atoms with Gasteiger partial charge in [0.15, 0.2) is 0 Å². The van der Waals surface area contributed by atoms with Crippen LogP contribution in [0.25, 0.3) is 11.4 Å². The molecule has 0 aliphatic heterocycles. The number of aromatic nitrogens is 4. The van der Waals surface area contributed by atoms with Crippen LogP contribution >= 0.6 is 0 Å². The highest BCUT2D eigenvalue weighted by Crippen LogP contribution is 2.27. The van der Waals surface area contributed by atoms with E-state index in [2.05, 4.69) is 20.7 Å². The summed E-state index contributed by atoms with van der Waals surface area (Å²) in [4.78, 5) is 12.9. The Balaban J connectivity index is 1.64. The van der Waals surface area contributed by atoms with E-state index in [-0.39, 0.29) is 18.3 Å². The second kappa shape index (κ2) is 5.59. The molecule has 1 aliphatic carbocycles. The quantitative estimate of drug-likeness (QED) is 0.901. The molecule has 3 rings (SSSR count). The van der Waals surface area contributed by atoms with E-state index in [0.717, 1.165) is 6.54 Å². The lowest BCUT2D eigenvalue weighted by Crippen LogP contribution is -2.30. The third-order valence-electron chi connectivity index (χ3n) is 3.44. The van der Waals surface area contributed by atoms with Crippen molar-refractivity contribution in [3.8, 4) is 11.4 Å². The molecule has 0 atom stereocenters. The van der Waals surface area contributed by atoms with Crippen molar-refractivity contribution in [2.45, 2.75) is 26.3 Å². The molecule has 0 radical (unpaired) electrons. The molecule has 1 aromatic heterocycles. The van der Waals surface area contributed by atoms with E-state index in [1.807, 2.05) is 0 Å². The summed E-state index contributed by atoms with van der Waals surface area (Å²) in [6, 6.07) is 4.62.